The third kappa shape index (κ3) is 5.64. The molecule has 1 fully saturated rings. The average Bonchev–Trinajstić information content (AvgIpc) is 2.83. The summed E-state index contributed by atoms with van der Waals surface area (Å²) in [5, 5.41) is 4.43. The maximum absolute atomic E-state index is 13.5. The van der Waals surface area contributed by atoms with E-state index in [0.717, 1.165) is 55.0 Å². The summed E-state index contributed by atoms with van der Waals surface area (Å²) >= 11 is 0. The molecule has 1 saturated carbocycles. The summed E-state index contributed by atoms with van der Waals surface area (Å²) in [5.74, 6) is 1.72. The molecule has 0 atom stereocenters. The van der Waals surface area contributed by atoms with Crippen LogP contribution in [0.2, 0.25) is 0 Å². The molecule has 0 unspecified atom stereocenters. The minimum atomic E-state index is -3.72. The van der Waals surface area contributed by atoms with Gasteiger partial charge in [0, 0.05) is 32.6 Å². The fraction of sp³-hybridized carbons (Fsp3) is 0.440. The van der Waals surface area contributed by atoms with Gasteiger partial charge in [0.1, 0.15) is 11.6 Å². The number of fused-ring (bicyclic) bond motifs is 1. The van der Waals surface area contributed by atoms with Gasteiger partial charge in [-0.15, -0.1) is 0 Å². The van der Waals surface area contributed by atoms with Gasteiger partial charge in [-0.05, 0) is 74.3 Å². The zero-order chi connectivity index (χ0) is 24.3. The van der Waals surface area contributed by atoms with Crippen molar-refractivity contribution >= 4 is 32.7 Å². The lowest BCUT2D eigenvalue weighted by Crippen LogP contribution is -2.32. The second-order valence-corrected chi connectivity index (χ2v) is 11.0. The highest BCUT2D eigenvalue weighted by molar-refractivity contribution is 7.89. The van der Waals surface area contributed by atoms with E-state index in [0.29, 0.717) is 24.0 Å². The number of hydrogen-bond donors (Lipinski definition) is 2. The van der Waals surface area contributed by atoms with Crippen molar-refractivity contribution in [2.24, 2.45) is 11.8 Å². The number of nitrogens with zero attached hydrogens (tertiary/aromatic N) is 3. The molecule has 4 rings (SSSR count). The van der Waals surface area contributed by atoms with E-state index in [4.69, 9.17) is 4.98 Å². The number of rotatable bonds is 8. The van der Waals surface area contributed by atoms with Crippen LogP contribution in [0.15, 0.2) is 47.4 Å². The van der Waals surface area contributed by atoms with Gasteiger partial charge in [0.05, 0.1) is 10.4 Å². The number of halogens is 1. The molecule has 1 heterocycles. The molecule has 0 radical (unpaired) electrons. The van der Waals surface area contributed by atoms with E-state index in [1.54, 1.807) is 6.92 Å². The SMILES string of the molecule is Cc1ccc(F)cc1S(=O)(=O)NC[C@H]1CC[C@H](CNc2nc(N(C)C)c3ccccc3n2)CC1. The van der Waals surface area contributed by atoms with Crippen molar-refractivity contribution in [3.8, 4) is 0 Å². The average molecular weight is 486 g/mol. The Labute approximate surface area is 200 Å². The molecule has 2 aromatic carbocycles. The Morgan fingerprint density at radius 2 is 1.68 bits per heavy atom. The number of aromatic nitrogens is 2. The number of sulfonamides is 1. The van der Waals surface area contributed by atoms with Crippen molar-refractivity contribution in [3.63, 3.8) is 0 Å². The molecule has 0 spiro atoms. The van der Waals surface area contributed by atoms with Crippen molar-refractivity contribution in [1.82, 2.24) is 14.7 Å². The van der Waals surface area contributed by atoms with E-state index in [-0.39, 0.29) is 10.8 Å². The second kappa shape index (κ2) is 10.2. The number of benzene rings is 2. The van der Waals surface area contributed by atoms with Crippen LogP contribution in [0, 0.1) is 24.6 Å². The molecule has 1 aliphatic rings. The van der Waals surface area contributed by atoms with E-state index >= 15 is 0 Å². The topological polar surface area (TPSA) is 87.2 Å². The van der Waals surface area contributed by atoms with Crippen molar-refractivity contribution in [2.75, 3.05) is 37.4 Å². The highest BCUT2D eigenvalue weighted by atomic mass is 32.2. The molecular formula is C25H32FN5O2S. The van der Waals surface area contributed by atoms with Gasteiger partial charge in [0.15, 0.2) is 0 Å². The monoisotopic (exact) mass is 485 g/mol. The second-order valence-electron chi connectivity index (χ2n) is 9.31. The quantitative estimate of drug-likeness (QED) is 0.494. The summed E-state index contributed by atoms with van der Waals surface area (Å²) < 4.78 is 41.5. The summed E-state index contributed by atoms with van der Waals surface area (Å²) in [6, 6.07) is 11.8. The summed E-state index contributed by atoms with van der Waals surface area (Å²) in [6.45, 7) is 2.83. The highest BCUT2D eigenvalue weighted by Crippen LogP contribution is 2.30. The van der Waals surface area contributed by atoms with E-state index < -0.39 is 15.8 Å². The van der Waals surface area contributed by atoms with Gasteiger partial charge in [0.2, 0.25) is 16.0 Å². The highest BCUT2D eigenvalue weighted by Gasteiger charge is 2.24. The molecule has 0 bridgehead atoms. The Balaban J connectivity index is 1.30. The molecule has 0 saturated heterocycles. The largest absolute Gasteiger partial charge is 0.362 e. The standard InChI is InChI=1S/C25H32FN5O2S/c1-17-8-13-20(26)14-23(17)34(32,33)28-16-19-11-9-18(10-12-19)15-27-25-29-22-7-5-4-6-21(22)24(30-25)31(2)3/h4-8,13-14,18-19,28H,9-12,15-16H2,1-3H3,(H,27,29,30)/t18-,19-. The zero-order valence-corrected chi connectivity index (χ0v) is 20.7. The van der Waals surface area contributed by atoms with E-state index in [1.807, 2.05) is 43.3 Å². The lowest BCUT2D eigenvalue weighted by Gasteiger charge is -2.29. The predicted octanol–water partition coefficient (Wildman–Crippen LogP) is 4.34. The van der Waals surface area contributed by atoms with Crippen LogP contribution in [0.1, 0.15) is 31.2 Å². The maximum atomic E-state index is 13.5. The Morgan fingerprint density at radius 1 is 1.00 bits per heavy atom. The number of hydrogen-bond acceptors (Lipinski definition) is 6. The molecule has 34 heavy (non-hydrogen) atoms. The van der Waals surface area contributed by atoms with Crippen LogP contribution >= 0.6 is 0 Å². The Morgan fingerprint density at radius 3 is 2.38 bits per heavy atom. The van der Waals surface area contributed by atoms with Crippen molar-refractivity contribution in [1.29, 1.82) is 0 Å². The number of nitrogens with one attached hydrogen (secondary N) is 2. The van der Waals surface area contributed by atoms with Crippen molar-refractivity contribution in [3.05, 3.63) is 53.8 Å². The Kier molecular flexibility index (Phi) is 7.33. The summed E-state index contributed by atoms with van der Waals surface area (Å²) in [4.78, 5) is 11.4. The molecule has 0 aliphatic heterocycles. The number of aryl methyl sites for hydroxylation is 1. The van der Waals surface area contributed by atoms with Crippen LogP contribution in [-0.4, -0.2) is 45.6 Å². The van der Waals surface area contributed by atoms with Crippen molar-refractivity contribution in [2.45, 2.75) is 37.5 Å². The van der Waals surface area contributed by atoms with Gasteiger partial charge < -0.3 is 10.2 Å². The predicted molar refractivity (Wildman–Crippen MR) is 134 cm³/mol. The van der Waals surface area contributed by atoms with Gasteiger partial charge in [-0.1, -0.05) is 18.2 Å². The molecule has 2 N–H and O–H groups in total. The number of anilines is 2. The first-order chi connectivity index (χ1) is 16.2. The maximum Gasteiger partial charge on any atom is 0.240 e. The van der Waals surface area contributed by atoms with Crippen LogP contribution in [-0.2, 0) is 10.0 Å². The molecule has 0 amide bonds. The molecule has 1 aromatic heterocycles. The zero-order valence-electron chi connectivity index (χ0n) is 19.9. The number of para-hydroxylation sites is 1. The molecule has 182 valence electrons. The fourth-order valence-electron chi connectivity index (χ4n) is 4.52. The molecule has 1 aliphatic carbocycles. The van der Waals surface area contributed by atoms with Crippen LogP contribution in [0.5, 0.6) is 0 Å². The van der Waals surface area contributed by atoms with Crippen LogP contribution in [0.4, 0.5) is 16.2 Å². The first kappa shape index (κ1) is 24.3. The fourth-order valence-corrected chi connectivity index (χ4v) is 5.89. The first-order valence-corrected chi connectivity index (χ1v) is 13.1. The van der Waals surface area contributed by atoms with Gasteiger partial charge in [-0.2, -0.15) is 4.98 Å². The lowest BCUT2D eigenvalue weighted by atomic mass is 9.82. The van der Waals surface area contributed by atoms with E-state index in [2.05, 4.69) is 15.0 Å². The summed E-state index contributed by atoms with van der Waals surface area (Å²) in [5.41, 5.74) is 1.45. The third-order valence-corrected chi connectivity index (χ3v) is 8.09. The van der Waals surface area contributed by atoms with Gasteiger partial charge in [-0.25, -0.2) is 22.5 Å². The van der Waals surface area contributed by atoms with Gasteiger partial charge in [0.25, 0.3) is 0 Å². The van der Waals surface area contributed by atoms with Crippen molar-refractivity contribution < 1.29 is 12.8 Å². The summed E-state index contributed by atoms with van der Waals surface area (Å²) in [6.07, 6.45) is 3.90. The lowest BCUT2D eigenvalue weighted by molar-refractivity contribution is 0.284. The van der Waals surface area contributed by atoms with Gasteiger partial charge in [-0.3, -0.25) is 0 Å². The van der Waals surface area contributed by atoms with Gasteiger partial charge >= 0.3 is 0 Å². The van der Waals surface area contributed by atoms with E-state index in [1.165, 1.54) is 12.1 Å². The Hall–Kier alpha value is -2.78. The Bertz CT molecular complexity index is 1260. The molecule has 3 aromatic rings. The third-order valence-electron chi connectivity index (χ3n) is 6.52. The van der Waals surface area contributed by atoms with E-state index in [9.17, 15) is 12.8 Å². The minimum absolute atomic E-state index is 0.0119. The normalized spacial score (nSPS) is 18.7. The smallest absolute Gasteiger partial charge is 0.240 e. The summed E-state index contributed by atoms with van der Waals surface area (Å²) in [7, 11) is 0.227. The van der Waals surface area contributed by atoms with Crippen LogP contribution < -0.4 is 14.9 Å². The molecular weight excluding hydrogens is 453 g/mol. The first-order valence-electron chi connectivity index (χ1n) is 11.7. The van der Waals surface area contributed by atoms with Crippen LogP contribution in [0.3, 0.4) is 0 Å². The minimum Gasteiger partial charge on any atom is -0.362 e. The van der Waals surface area contributed by atoms with Crippen LogP contribution in [0.25, 0.3) is 10.9 Å². The molecule has 7 nitrogen and oxygen atoms in total. The molecule has 9 heteroatoms.